The van der Waals surface area contributed by atoms with Crippen LogP contribution in [0.25, 0.3) is 0 Å². The van der Waals surface area contributed by atoms with Crippen LogP contribution < -0.4 is 14.8 Å². The number of carboxylic acids is 1. The molecule has 0 radical (unpaired) electrons. The number of carboxylic acid groups (broad SMARTS) is 1. The van der Waals surface area contributed by atoms with Gasteiger partial charge in [-0.05, 0) is 25.1 Å². The predicted octanol–water partition coefficient (Wildman–Crippen LogP) is 1.59. The maximum atomic E-state index is 11.4. The lowest BCUT2D eigenvalue weighted by Crippen LogP contribution is -2.24. The minimum absolute atomic E-state index is 0.0489. The molecule has 120 valence electrons. The Kier molecular flexibility index (Phi) is 3.65. The normalized spacial score (nSPS) is 16.1. The average Bonchev–Trinajstić information content (AvgIpc) is 2.93. The molecule has 8 nitrogen and oxygen atoms in total. The molecule has 23 heavy (non-hydrogen) atoms. The molecular formula is C15H16N4O4. The zero-order chi connectivity index (χ0) is 16.6. The fourth-order valence-electron chi connectivity index (χ4n) is 2.51. The molecule has 2 aromatic rings. The van der Waals surface area contributed by atoms with Gasteiger partial charge in [-0.3, -0.25) is 0 Å². The van der Waals surface area contributed by atoms with Crippen molar-refractivity contribution in [2.45, 2.75) is 13.0 Å². The van der Waals surface area contributed by atoms with Gasteiger partial charge >= 0.3 is 5.97 Å². The van der Waals surface area contributed by atoms with E-state index >= 15 is 0 Å². The van der Waals surface area contributed by atoms with Gasteiger partial charge in [-0.1, -0.05) is 0 Å². The number of hydrogen-bond donors (Lipinski definition) is 2. The average molecular weight is 316 g/mol. The third-order valence-electron chi connectivity index (χ3n) is 3.56. The lowest BCUT2D eigenvalue weighted by Gasteiger charge is -2.24. The first-order valence-electron chi connectivity index (χ1n) is 6.90. The molecule has 0 saturated carbocycles. The Morgan fingerprint density at radius 2 is 2.13 bits per heavy atom. The molecule has 0 bridgehead atoms. The van der Waals surface area contributed by atoms with Gasteiger partial charge in [0.15, 0.2) is 0 Å². The molecule has 1 aromatic carbocycles. The third kappa shape index (κ3) is 2.59. The molecule has 8 heteroatoms. The molecule has 2 N–H and O–H groups in total. The zero-order valence-electron chi connectivity index (χ0n) is 12.9. The standard InChI is InChI=1S/C15H16N4O4/c1-8-16-15-17-11(14(20)21)7-12(19(15)18-8)10-5-4-9(22-2)6-13(10)23-3/h4-7,12H,1-3H3,(H,20,21)(H,16,17,18). The Hall–Kier alpha value is -3.03. The molecule has 0 amide bonds. The van der Waals surface area contributed by atoms with Gasteiger partial charge in [-0.2, -0.15) is 10.1 Å². The minimum Gasteiger partial charge on any atom is -0.497 e. The summed E-state index contributed by atoms with van der Waals surface area (Å²) in [7, 11) is 3.12. The van der Waals surface area contributed by atoms with E-state index in [1.54, 1.807) is 44.0 Å². The van der Waals surface area contributed by atoms with Crippen molar-refractivity contribution < 1.29 is 19.4 Å². The van der Waals surface area contributed by atoms with Gasteiger partial charge < -0.3 is 19.9 Å². The van der Waals surface area contributed by atoms with Gasteiger partial charge in [0.25, 0.3) is 0 Å². The van der Waals surface area contributed by atoms with E-state index in [9.17, 15) is 9.90 Å². The van der Waals surface area contributed by atoms with E-state index in [-0.39, 0.29) is 5.70 Å². The van der Waals surface area contributed by atoms with Crippen LogP contribution in [0.1, 0.15) is 17.4 Å². The number of fused-ring (bicyclic) bond motifs is 1. The number of hydrogen-bond acceptors (Lipinski definition) is 6. The summed E-state index contributed by atoms with van der Waals surface area (Å²) in [5, 5.41) is 16.4. The van der Waals surface area contributed by atoms with Crippen molar-refractivity contribution in [1.29, 1.82) is 0 Å². The van der Waals surface area contributed by atoms with E-state index in [4.69, 9.17) is 9.47 Å². The van der Waals surface area contributed by atoms with Crippen molar-refractivity contribution >= 4 is 11.9 Å². The Bertz CT molecular complexity index is 797. The molecule has 1 aliphatic heterocycles. The lowest BCUT2D eigenvalue weighted by molar-refractivity contribution is -0.132. The van der Waals surface area contributed by atoms with Crippen LogP contribution in [0.2, 0.25) is 0 Å². The second-order valence-electron chi connectivity index (χ2n) is 4.99. The summed E-state index contributed by atoms with van der Waals surface area (Å²) in [5.41, 5.74) is 0.812. The summed E-state index contributed by atoms with van der Waals surface area (Å²) < 4.78 is 12.2. The third-order valence-corrected chi connectivity index (χ3v) is 3.56. The number of rotatable bonds is 4. The van der Waals surface area contributed by atoms with Gasteiger partial charge in [0.1, 0.15) is 29.1 Å². The van der Waals surface area contributed by atoms with Crippen LogP contribution in [0, 0.1) is 6.92 Å². The van der Waals surface area contributed by atoms with Crippen LogP contribution >= 0.6 is 0 Å². The van der Waals surface area contributed by atoms with Crippen LogP contribution in [-0.4, -0.2) is 40.1 Å². The van der Waals surface area contributed by atoms with E-state index in [1.807, 2.05) is 6.07 Å². The molecule has 1 unspecified atom stereocenters. The van der Waals surface area contributed by atoms with Crippen LogP contribution in [0.15, 0.2) is 30.0 Å². The molecule has 2 heterocycles. The summed E-state index contributed by atoms with van der Waals surface area (Å²) >= 11 is 0. The molecule has 1 aliphatic rings. The maximum Gasteiger partial charge on any atom is 0.352 e. The lowest BCUT2D eigenvalue weighted by atomic mass is 10.0. The number of aliphatic carboxylic acids is 1. The highest BCUT2D eigenvalue weighted by molar-refractivity contribution is 5.90. The summed E-state index contributed by atoms with van der Waals surface area (Å²) in [6, 6.07) is 4.91. The van der Waals surface area contributed by atoms with Crippen molar-refractivity contribution in [2.24, 2.45) is 0 Å². The predicted molar refractivity (Wildman–Crippen MR) is 81.8 cm³/mol. The number of nitrogens with zero attached hydrogens (tertiary/aromatic N) is 3. The molecule has 1 atom stereocenters. The maximum absolute atomic E-state index is 11.4. The number of anilines is 1. The molecule has 1 aromatic heterocycles. The quantitative estimate of drug-likeness (QED) is 0.883. The van der Waals surface area contributed by atoms with Gasteiger partial charge in [-0.15, -0.1) is 0 Å². The molecule has 0 aliphatic carbocycles. The Morgan fingerprint density at radius 1 is 1.35 bits per heavy atom. The monoisotopic (exact) mass is 316 g/mol. The Labute approximate surface area is 132 Å². The second kappa shape index (κ2) is 5.64. The fourth-order valence-corrected chi connectivity index (χ4v) is 2.51. The van der Waals surface area contributed by atoms with Crippen LogP contribution in [0.5, 0.6) is 11.5 Å². The van der Waals surface area contributed by atoms with Crippen molar-refractivity contribution in [3.05, 3.63) is 41.4 Å². The van der Waals surface area contributed by atoms with Crippen LogP contribution in [-0.2, 0) is 4.79 Å². The van der Waals surface area contributed by atoms with E-state index in [0.717, 1.165) is 5.56 Å². The van der Waals surface area contributed by atoms with Crippen LogP contribution in [0.3, 0.4) is 0 Å². The van der Waals surface area contributed by atoms with Crippen molar-refractivity contribution in [1.82, 2.24) is 14.8 Å². The van der Waals surface area contributed by atoms with Crippen molar-refractivity contribution in [3.63, 3.8) is 0 Å². The zero-order valence-corrected chi connectivity index (χ0v) is 12.9. The number of benzene rings is 1. The summed E-state index contributed by atoms with van der Waals surface area (Å²) in [6.45, 7) is 1.75. The number of aryl methyl sites for hydroxylation is 1. The summed E-state index contributed by atoms with van der Waals surface area (Å²) in [6.07, 6.45) is 1.58. The highest BCUT2D eigenvalue weighted by atomic mass is 16.5. The highest BCUT2D eigenvalue weighted by Gasteiger charge is 2.28. The SMILES string of the molecule is COc1ccc(C2C=C(C(=O)O)Nc3nc(C)nn32)c(OC)c1. The van der Waals surface area contributed by atoms with Crippen molar-refractivity contribution in [3.8, 4) is 11.5 Å². The first kappa shape index (κ1) is 14.9. The van der Waals surface area contributed by atoms with E-state index in [1.165, 1.54) is 0 Å². The number of nitrogens with one attached hydrogen (secondary N) is 1. The number of aromatic nitrogens is 3. The van der Waals surface area contributed by atoms with E-state index < -0.39 is 12.0 Å². The van der Waals surface area contributed by atoms with E-state index in [2.05, 4.69) is 15.4 Å². The number of carbonyl (C=O) groups is 1. The van der Waals surface area contributed by atoms with E-state index in [0.29, 0.717) is 23.3 Å². The molecule has 0 fully saturated rings. The number of methoxy groups -OCH3 is 2. The number of ether oxygens (including phenoxy) is 2. The summed E-state index contributed by atoms with van der Waals surface area (Å²) in [4.78, 5) is 15.6. The highest BCUT2D eigenvalue weighted by Crippen LogP contribution is 2.36. The van der Waals surface area contributed by atoms with Crippen LogP contribution in [0.4, 0.5) is 5.95 Å². The topological polar surface area (TPSA) is 98.5 Å². The second-order valence-corrected chi connectivity index (χ2v) is 4.99. The Morgan fingerprint density at radius 3 is 2.78 bits per heavy atom. The minimum atomic E-state index is -1.06. The Balaban J connectivity index is 2.15. The first-order valence-corrected chi connectivity index (χ1v) is 6.90. The molecule has 0 spiro atoms. The first-order chi connectivity index (χ1) is 11.0. The number of allylic oxidation sites excluding steroid dienone is 1. The van der Waals surface area contributed by atoms with Gasteiger partial charge in [0.05, 0.1) is 14.2 Å². The van der Waals surface area contributed by atoms with Gasteiger partial charge in [0, 0.05) is 11.6 Å². The van der Waals surface area contributed by atoms with Crippen molar-refractivity contribution in [2.75, 3.05) is 19.5 Å². The smallest absolute Gasteiger partial charge is 0.352 e. The van der Waals surface area contributed by atoms with Gasteiger partial charge in [-0.25, -0.2) is 9.48 Å². The largest absolute Gasteiger partial charge is 0.497 e. The summed E-state index contributed by atoms with van der Waals surface area (Å²) in [5.74, 6) is 1.10. The fraction of sp³-hybridized carbons (Fsp3) is 0.267. The molecule has 0 saturated heterocycles. The molecular weight excluding hydrogens is 300 g/mol. The van der Waals surface area contributed by atoms with Gasteiger partial charge in [0.2, 0.25) is 5.95 Å². The molecule has 3 rings (SSSR count).